The van der Waals surface area contributed by atoms with Gasteiger partial charge < -0.3 is 0 Å². The smallest absolute Gasteiger partial charge is 0.165 e. The molecule has 3 nitrogen and oxygen atoms in total. The standard InChI is InChI=1S/C20H17N3/c1-14-5-3-7-16(11-14)18-9-10-21-20-19(18)22-13-23(20)17-8-4-6-15(2)12-17/h3-13H,1-2H3. The molecule has 0 N–H and O–H groups in total. The van der Waals surface area contributed by atoms with Gasteiger partial charge in [-0.2, -0.15) is 0 Å². The molecule has 0 atom stereocenters. The molecule has 2 aromatic heterocycles. The van der Waals surface area contributed by atoms with E-state index in [1.807, 2.05) is 23.2 Å². The summed E-state index contributed by atoms with van der Waals surface area (Å²) in [6.45, 7) is 4.20. The predicted molar refractivity (Wildman–Crippen MR) is 93.8 cm³/mol. The predicted octanol–water partition coefficient (Wildman–Crippen LogP) is 4.70. The first-order chi connectivity index (χ1) is 11.2. The minimum atomic E-state index is 0.884. The van der Waals surface area contributed by atoms with Gasteiger partial charge in [-0.25, -0.2) is 9.97 Å². The molecule has 0 aliphatic heterocycles. The number of nitrogens with zero attached hydrogens (tertiary/aromatic N) is 3. The highest BCUT2D eigenvalue weighted by molar-refractivity contribution is 5.90. The average molecular weight is 299 g/mol. The molecule has 2 heterocycles. The van der Waals surface area contributed by atoms with Gasteiger partial charge in [0.1, 0.15) is 11.8 Å². The highest BCUT2D eigenvalue weighted by atomic mass is 15.1. The minimum Gasteiger partial charge on any atom is -0.283 e. The van der Waals surface area contributed by atoms with Crippen molar-refractivity contribution < 1.29 is 0 Å². The molecule has 0 unspecified atom stereocenters. The van der Waals surface area contributed by atoms with Gasteiger partial charge in [0.05, 0.1) is 0 Å². The van der Waals surface area contributed by atoms with Crippen LogP contribution in [0.4, 0.5) is 0 Å². The lowest BCUT2D eigenvalue weighted by Gasteiger charge is -2.06. The van der Waals surface area contributed by atoms with Gasteiger partial charge in [0, 0.05) is 17.4 Å². The maximum absolute atomic E-state index is 4.63. The molecule has 3 heteroatoms. The number of pyridine rings is 1. The number of rotatable bonds is 2. The van der Waals surface area contributed by atoms with E-state index in [0.717, 1.165) is 22.4 Å². The summed E-state index contributed by atoms with van der Waals surface area (Å²) in [6, 6.07) is 18.9. The molecule has 0 saturated carbocycles. The summed E-state index contributed by atoms with van der Waals surface area (Å²) < 4.78 is 2.04. The van der Waals surface area contributed by atoms with Crippen molar-refractivity contribution in [3.8, 4) is 16.8 Å². The molecule has 0 spiro atoms. The van der Waals surface area contributed by atoms with E-state index in [1.165, 1.54) is 16.7 Å². The largest absolute Gasteiger partial charge is 0.283 e. The maximum Gasteiger partial charge on any atom is 0.165 e. The van der Waals surface area contributed by atoms with Gasteiger partial charge in [-0.1, -0.05) is 42.0 Å². The average Bonchev–Trinajstić information content (AvgIpc) is 2.99. The third-order valence-corrected chi connectivity index (χ3v) is 4.04. The van der Waals surface area contributed by atoms with E-state index >= 15 is 0 Å². The number of fused-ring (bicyclic) bond motifs is 1. The van der Waals surface area contributed by atoms with E-state index in [0.29, 0.717) is 0 Å². The minimum absolute atomic E-state index is 0.884. The van der Waals surface area contributed by atoms with Crippen LogP contribution in [0.2, 0.25) is 0 Å². The number of hydrogen-bond acceptors (Lipinski definition) is 2. The summed E-state index contributed by atoms with van der Waals surface area (Å²) in [5.41, 5.74) is 7.65. The molecule has 0 aliphatic carbocycles. The van der Waals surface area contributed by atoms with Crippen molar-refractivity contribution >= 4 is 11.2 Å². The van der Waals surface area contributed by atoms with Crippen molar-refractivity contribution in [3.63, 3.8) is 0 Å². The Morgan fingerprint density at radius 3 is 2.39 bits per heavy atom. The van der Waals surface area contributed by atoms with Crippen molar-refractivity contribution in [2.24, 2.45) is 0 Å². The zero-order valence-electron chi connectivity index (χ0n) is 13.2. The van der Waals surface area contributed by atoms with Crippen LogP contribution >= 0.6 is 0 Å². The van der Waals surface area contributed by atoms with Crippen LogP contribution in [0.1, 0.15) is 11.1 Å². The Hall–Kier alpha value is -2.94. The summed E-state index contributed by atoms with van der Waals surface area (Å²) in [5, 5.41) is 0. The van der Waals surface area contributed by atoms with Gasteiger partial charge >= 0.3 is 0 Å². The normalized spacial score (nSPS) is 11.0. The summed E-state index contributed by atoms with van der Waals surface area (Å²) in [7, 11) is 0. The molecule has 4 rings (SSSR count). The van der Waals surface area contributed by atoms with Crippen molar-refractivity contribution in [1.29, 1.82) is 0 Å². The first-order valence-corrected chi connectivity index (χ1v) is 7.68. The molecule has 4 aromatic rings. The van der Waals surface area contributed by atoms with Crippen molar-refractivity contribution in [1.82, 2.24) is 14.5 Å². The number of imidazole rings is 1. The number of hydrogen-bond donors (Lipinski definition) is 0. The molecule has 0 amide bonds. The van der Waals surface area contributed by atoms with E-state index in [1.54, 1.807) is 0 Å². The van der Waals surface area contributed by atoms with Gasteiger partial charge in [0.2, 0.25) is 0 Å². The van der Waals surface area contributed by atoms with E-state index in [9.17, 15) is 0 Å². The molecule has 0 fully saturated rings. The molecule has 0 bridgehead atoms. The molecule has 2 aromatic carbocycles. The highest BCUT2D eigenvalue weighted by Gasteiger charge is 2.11. The summed E-state index contributed by atoms with van der Waals surface area (Å²) in [4.78, 5) is 9.19. The van der Waals surface area contributed by atoms with Crippen LogP contribution in [0.3, 0.4) is 0 Å². The SMILES string of the molecule is Cc1cccc(-c2ccnc3c2ncn3-c2cccc(C)c2)c1. The fourth-order valence-corrected chi connectivity index (χ4v) is 2.93. The quantitative estimate of drug-likeness (QED) is 0.537. The first-order valence-electron chi connectivity index (χ1n) is 7.68. The van der Waals surface area contributed by atoms with Crippen LogP contribution in [0.5, 0.6) is 0 Å². The second kappa shape index (κ2) is 5.36. The lowest BCUT2D eigenvalue weighted by atomic mass is 10.0. The van der Waals surface area contributed by atoms with Crippen LogP contribution in [-0.2, 0) is 0 Å². The van der Waals surface area contributed by atoms with Crippen LogP contribution in [0.15, 0.2) is 67.1 Å². The Morgan fingerprint density at radius 1 is 0.826 bits per heavy atom. The monoisotopic (exact) mass is 299 g/mol. The van der Waals surface area contributed by atoms with Crippen LogP contribution in [0, 0.1) is 13.8 Å². The number of aryl methyl sites for hydroxylation is 2. The fraction of sp³-hybridized carbons (Fsp3) is 0.100. The topological polar surface area (TPSA) is 30.7 Å². The Balaban J connectivity index is 1.94. The molecule has 0 radical (unpaired) electrons. The Kier molecular flexibility index (Phi) is 3.19. The lowest BCUT2D eigenvalue weighted by Crippen LogP contribution is -1.94. The Morgan fingerprint density at radius 2 is 1.61 bits per heavy atom. The molecule has 0 aliphatic rings. The highest BCUT2D eigenvalue weighted by Crippen LogP contribution is 2.28. The third-order valence-electron chi connectivity index (χ3n) is 4.04. The van der Waals surface area contributed by atoms with Crippen LogP contribution < -0.4 is 0 Å². The third kappa shape index (κ3) is 2.40. The van der Waals surface area contributed by atoms with E-state index < -0.39 is 0 Å². The van der Waals surface area contributed by atoms with E-state index in [-0.39, 0.29) is 0 Å². The summed E-state index contributed by atoms with van der Waals surface area (Å²) in [5.74, 6) is 0. The fourth-order valence-electron chi connectivity index (χ4n) is 2.93. The van der Waals surface area contributed by atoms with Gasteiger partial charge in [-0.05, 0) is 43.2 Å². The number of aromatic nitrogens is 3. The van der Waals surface area contributed by atoms with Crippen LogP contribution in [-0.4, -0.2) is 14.5 Å². The van der Waals surface area contributed by atoms with Gasteiger partial charge in [-0.3, -0.25) is 4.57 Å². The maximum atomic E-state index is 4.63. The second-order valence-electron chi connectivity index (χ2n) is 5.85. The number of benzene rings is 2. The van der Waals surface area contributed by atoms with Crippen molar-refractivity contribution in [3.05, 3.63) is 78.2 Å². The molecular formula is C20H17N3. The Labute approximate surface area is 135 Å². The zero-order valence-corrected chi connectivity index (χ0v) is 13.2. The molecular weight excluding hydrogens is 282 g/mol. The van der Waals surface area contributed by atoms with E-state index in [2.05, 4.69) is 72.3 Å². The van der Waals surface area contributed by atoms with Crippen molar-refractivity contribution in [2.75, 3.05) is 0 Å². The van der Waals surface area contributed by atoms with Crippen molar-refractivity contribution in [2.45, 2.75) is 13.8 Å². The van der Waals surface area contributed by atoms with Gasteiger partial charge in [-0.15, -0.1) is 0 Å². The van der Waals surface area contributed by atoms with Crippen LogP contribution in [0.25, 0.3) is 28.0 Å². The van der Waals surface area contributed by atoms with Gasteiger partial charge in [0.25, 0.3) is 0 Å². The Bertz CT molecular complexity index is 999. The molecule has 0 saturated heterocycles. The van der Waals surface area contributed by atoms with Gasteiger partial charge in [0.15, 0.2) is 5.65 Å². The first kappa shape index (κ1) is 13.7. The van der Waals surface area contributed by atoms with E-state index in [4.69, 9.17) is 0 Å². The summed E-state index contributed by atoms with van der Waals surface area (Å²) >= 11 is 0. The zero-order chi connectivity index (χ0) is 15.8. The lowest BCUT2D eigenvalue weighted by molar-refractivity contribution is 1.06. The molecule has 112 valence electrons. The second-order valence-corrected chi connectivity index (χ2v) is 5.85. The summed E-state index contributed by atoms with van der Waals surface area (Å²) in [6.07, 6.45) is 3.71. The molecule has 23 heavy (non-hydrogen) atoms.